The average molecular weight is 632 g/mol. The summed E-state index contributed by atoms with van der Waals surface area (Å²) >= 11 is 0. The van der Waals surface area contributed by atoms with E-state index in [4.69, 9.17) is 4.74 Å². The molecule has 11 heteroatoms. The van der Waals surface area contributed by atoms with Crippen molar-refractivity contribution in [1.82, 2.24) is 19.9 Å². The van der Waals surface area contributed by atoms with Gasteiger partial charge in [0.15, 0.2) is 0 Å². The summed E-state index contributed by atoms with van der Waals surface area (Å²) in [7, 11) is -3.84. The Labute approximate surface area is 263 Å². The Morgan fingerprint density at radius 3 is 2.69 bits per heavy atom. The predicted octanol–water partition coefficient (Wildman–Crippen LogP) is 4.89. The van der Waals surface area contributed by atoms with Gasteiger partial charge in [-0.15, -0.1) is 0 Å². The summed E-state index contributed by atoms with van der Waals surface area (Å²) in [5.74, 6) is 1.55. The van der Waals surface area contributed by atoms with Gasteiger partial charge in [-0.1, -0.05) is 38.2 Å². The zero-order chi connectivity index (χ0) is 31.2. The molecule has 45 heavy (non-hydrogen) atoms. The van der Waals surface area contributed by atoms with E-state index < -0.39 is 16.1 Å². The van der Waals surface area contributed by atoms with E-state index in [-0.39, 0.29) is 16.7 Å². The predicted molar refractivity (Wildman–Crippen MR) is 173 cm³/mol. The van der Waals surface area contributed by atoms with Crippen molar-refractivity contribution in [2.75, 3.05) is 17.8 Å². The van der Waals surface area contributed by atoms with Gasteiger partial charge in [-0.2, -0.15) is 0 Å². The van der Waals surface area contributed by atoms with Gasteiger partial charge in [0.05, 0.1) is 16.7 Å². The summed E-state index contributed by atoms with van der Waals surface area (Å²) in [5.41, 5.74) is 3.44. The van der Waals surface area contributed by atoms with Crippen molar-refractivity contribution in [3.8, 4) is 11.4 Å². The van der Waals surface area contributed by atoms with Gasteiger partial charge < -0.3 is 20.1 Å². The highest BCUT2D eigenvalue weighted by Gasteiger charge is 2.22. The standard InChI is InChI=1S/C34H41N5O5S/c40-32(26-8-4-18-35-20-26)22-36-21-30-14-10-25-19-27(11-17-33(25)44-30)38-45(42,43)31-15-12-29(13-16-31)39-23-28(37-34(39)41)9-3-7-24-5-1-2-6-24/h4,8,11-13,15-20,23-24,30,32,36,38,40H,1-3,5-7,9-10,14,21-22H2,(H,37,41). The fraction of sp³-hybridized carbons (Fsp3) is 0.412. The van der Waals surface area contributed by atoms with Crippen molar-refractivity contribution in [3.05, 3.63) is 100 Å². The molecule has 4 N–H and O–H groups in total. The molecule has 2 aromatic carbocycles. The van der Waals surface area contributed by atoms with E-state index in [1.54, 1.807) is 42.7 Å². The molecule has 1 aliphatic heterocycles. The third-order valence-corrected chi connectivity index (χ3v) is 10.2. The van der Waals surface area contributed by atoms with Gasteiger partial charge in [-0.25, -0.2) is 13.2 Å². The monoisotopic (exact) mass is 631 g/mol. The van der Waals surface area contributed by atoms with Crippen LogP contribution in [0.4, 0.5) is 5.69 Å². The normalized spacial score (nSPS) is 17.5. The number of rotatable bonds is 13. The molecule has 0 spiro atoms. The first kappa shape index (κ1) is 31.1. The number of sulfonamides is 1. The van der Waals surface area contributed by atoms with Crippen molar-refractivity contribution in [1.29, 1.82) is 0 Å². The Kier molecular flexibility index (Phi) is 9.67. The summed E-state index contributed by atoms with van der Waals surface area (Å²) in [4.78, 5) is 19.7. The number of hydrogen-bond donors (Lipinski definition) is 4. The first-order valence-corrected chi connectivity index (χ1v) is 17.3. The second-order valence-corrected chi connectivity index (χ2v) is 13.8. The van der Waals surface area contributed by atoms with Crippen LogP contribution in [-0.2, 0) is 22.9 Å². The first-order valence-electron chi connectivity index (χ1n) is 15.9. The highest BCUT2D eigenvalue weighted by atomic mass is 32.2. The number of aryl methyl sites for hydroxylation is 2. The number of hydrogen-bond acceptors (Lipinski definition) is 7. The van der Waals surface area contributed by atoms with E-state index in [9.17, 15) is 18.3 Å². The minimum absolute atomic E-state index is 0.0554. The summed E-state index contributed by atoms with van der Waals surface area (Å²) in [6.45, 7) is 0.973. The number of pyridine rings is 1. The van der Waals surface area contributed by atoms with Gasteiger partial charge in [0, 0.05) is 48.6 Å². The van der Waals surface area contributed by atoms with E-state index >= 15 is 0 Å². The average Bonchev–Trinajstić information content (AvgIpc) is 3.71. The minimum Gasteiger partial charge on any atom is -0.489 e. The third-order valence-electron chi connectivity index (χ3n) is 8.85. The van der Waals surface area contributed by atoms with Crippen LogP contribution in [0.5, 0.6) is 5.75 Å². The Balaban J connectivity index is 1.02. The van der Waals surface area contributed by atoms with Crippen molar-refractivity contribution < 1.29 is 18.3 Å². The maximum Gasteiger partial charge on any atom is 0.330 e. The molecule has 0 radical (unpaired) electrons. The van der Waals surface area contributed by atoms with Gasteiger partial charge in [-0.05, 0) is 85.7 Å². The highest BCUT2D eigenvalue weighted by molar-refractivity contribution is 7.92. The maximum atomic E-state index is 13.2. The van der Waals surface area contributed by atoms with Crippen LogP contribution < -0.4 is 20.5 Å². The fourth-order valence-electron chi connectivity index (χ4n) is 6.37. The number of fused-ring (bicyclic) bond motifs is 1. The summed E-state index contributed by atoms with van der Waals surface area (Å²) in [5, 5.41) is 13.6. The van der Waals surface area contributed by atoms with E-state index in [0.717, 1.165) is 54.2 Å². The number of benzene rings is 2. The van der Waals surface area contributed by atoms with Gasteiger partial charge >= 0.3 is 5.69 Å². The van der Waals surface area contributed by atoms with Gasteiger partial charge in [0.25, 0.3) is 10.0 Å². The SMILES string of the molecule is O=c1[nH]c(CCCC2CCCC2)cn1-c1ccc(S(=O)(=O)Nc2ccc3c(c2)CCC(CNCC(O)c2cccnc2)O3)cc1. The molecule has 6 rings (SSSR count). The van der Waals surface area contributed by atoms with Crippen molar-refractivity contribution >= 4 is 15.7 Å². The highest BCUT2D eigenvalue weighted by Crippen LogP contribution is 2.31. The van der Waals surface area contributed by atoms with Crippen LogP contribution in [0.15, 0.2) is 82.9 Å². The van der Waals surface area contributed by atoms with Crippen LogP contribution in [0.2, 0.25) is 0 Å². The van der Waals surface area contributed by atoms with Gasteiger partial charge in [0.2, 0.25) is 0 Å². The molecule has 2 atom stereocenters. The van der Waals surface area contributed by atoms with Crippen LogP contribution >= 0.6 is 0 Å². The molecule has 3 heterocycles. The minimum atomic E-state index is -3.84. The number of H-pyrrole nitrogens is 1. The van der Waals surface area contributed by atoms with E-state index in [2.05, 4.69) is 20.0 Å². The number of aliphatic hydroxyl groups excluding tert-OH is 1. The largest absolute Gasteiger partial charge is 0.489 e. The number of nitrogens with one attached hydrogen (secondary N) is 3. The summed E-state index contributed by atoms with van der Waals surface area (Å²) < 4.78 is 36.7. The molecular formula is C34H41N5O5S. The lowest BCUT2D eigenvalue weighted by atomic mass is 10.0. The second kappa shape index (κ2) is 14.0. The number of aromatic amines is 1. The topological polar surface area (TPSA) is 138 Å². The Morgan fingerprint density at radius 2 is 1.91 bits per heavy atom. The van der Waals surface area contributed by atoms with E-state index in [1.807, 2.05) is 18.3 Å². The molecule has 0 bridgehead atoms. The van der Waals surface area contributed by atoms with E-state index in [0.29, 0.717) is 24.5 Å². The van der Waals surface area contributed by atoms with Gasteiger partial charge in [-0.3, -0.25) is 14.3 Å². The lowest BCUT2D eigenvalue weighted by Crippen LogP contribution is -2.36. The molecule has 2 aromatic heterocycles. The molecule has 1 saturated carbocycles. The summed E-state index contributed by atoms with van der Waals surface area (Å²) in [6.07, 6.45) is 14.3. The molecule has 2 unspecified atom stereocenters. The van der Waals surface area contributed by atoms with Crippen molar-refractivity contribution in [3.63, 3.8) is 0 Å². The number of aromatic nitrogens is 3. The second-order valence-electron chi connectivity index (χ2n) is 12.2. The van der Waals surface area contributed by atoms with Crippen molar-refractivity contribution in [2.24, 2.45) is 5.92 Å². The van der Waals surface area contributed by atoms with Crippen LogP contribution in [0.25, 0.3) is 5.69 Å². The van der Waals surface area contributed by atoms with Crippen molar-refractivity contribution in [2.45, 2.75) is 74.9 Å². The van der Waals surface area contributed by atoms with Crippen LogP contribution in [-0.4, -0.2) is 47.3 Å². The molecule has 10 nitrogen and oxygen atoms in total. The number of nitrogens with zero attached hydrogens (tertiary/aromatic N) is 2. The Morgan fingerprint density at radius 1 is 1.09 bits per heavy atom. The zero-order valence-electron chi connectivity index (χ0n) is 25.3. The Bertz CT molecular complexity index is 1730. The number of aliphatic hydroxyl groups is 1. The van der Waals surface area contributed by atoms with Crippen LogP contribution in [0.3, 0.4) is 0 Å². The molecular weight excluding hydrogens is 590 g/mol. The molecule has 0 amide bonds. The Hall–Kier alpha value is -3.93. The molecule has 1 fully saturated rings. The lowest BCUT2D eigenvalue weighted by molar-refractivity contribution is 0.146. The van der Waals surface area contributed by atoms with Crippen LogP contribution in [0, 0.1) is 5.92 Å². The first-order chi connectivity index (χ1) is 21.8. The molecule has 2 aliphatic rings. The van der Waals surface area contributed by atoms with Crippen LogP contribution in [0.1, 0.15) is 67.9 Å². The van der Waals surface area contributed by atoms with E-state index in [1.165, 1.54) is 48.8 Å². The maximum absolute atomic E-state index is 13.2. The molecule has 4 aromatic rings. The molecule has 238 valence electrons. The lowest BCUT2D eigenvalue weighted by Gasteiger charge is -2.27. The van der Waals surface area contributed by atoms with Gasteiger partial charge in [0.1, 0.15) is 11.9 Å². The number of anilines is 1. The number of imidazole rings is 1. The molecule has 1 aliphatic carbocycles. The fourth-order valence-corrected chi connectivity index (χ4v) is 7.42. The zero-order valence-corrected chi connectivity index (χ0v) is 26.1. The summed E-state index contributed by atoms with van der Waals surface area (Å²) in [6, 6.07) is 15.3. The third kappa shape index (κ3) is 7.84. The molecule has 0 saturated heterocycles. The quantitative estimate of drug-likeness (QED) is 0.165. The number of ether oxygens (including phenoxy) is 1. The smallest absolute Gasteiger partial charge is 0.330 e.